The zero-order chi connectivity index (χ0) is 21.6. The van der Waals surface area contributed by atoms with Gasteiger partial charge in [-0.25, -0.2) is 0 Å². The predicted octanol–water partition coefficient (Wildman–Crippen LogP) is 8.44. The van der Waals surface area contributed by atoms with Crippen LogP contribution in [0.15, 0.2) is 103 Å². The second kappa shape index (κ2) is 9.66. The van der Waals surface area contributed by atoms with Crippen LogP contribution in [0.3, 0.4) is 0 Å². The Hall–Kier alpha value is -3.32. The average molecular weight is 406 g/mol. The molecule has 0 saturated heterocycles. The minimum absolute atomic E-state index is 0.479. The van der Waals surface area contributed by atoms with E-state index in [-0.39, 0.29) is 0 Å². The highest BCUT2D eigenvalue weighted by Gasteiger charge is 2.20. The third-order valence-corrected chi connectivity index (χ3v) is 6.15. The molecule has 0 aliphatic heterocycles. The second-order valence-electron chi connectivity index (χ2n) is 8.51. The summed E-state index contributed by atoms with van der Waals surface area (Å²) in [7, 11) is 0. The van der Waals surface area contributed by atoms with Gasteiger partial charge in [0.2, 0.25) is 0 Å². The Kier molecular flexibility index (Phi) is 6.52. The summed E-state index contributed by atoms with van der Waals surface area (Å²) in [6.45, 7) is 6.77. The quantitative estimate of drug-likeness (QED) is 0.332. The maximum absolute atomic E-state index is 3.49. The lowest BCUT2D eigenvalue weighted by molar-refractivity contribution is 0.544. The van der Waals surface area contributed by atoms with Crippen molar-refractivity contribution in [1.29, 1.82) is 0 Å². The smallest absolute Gasteiger partial charge is 0.0384 e. The monoisotopic (exact) mass is 405 g/mol. The van der Waals surface area contributed by atoms with E-state index in [0.29, 0.717) is 11.8 Å². The molecule has 156 valence electrons. The summed E-state index contributed by atoms with van der Waals surface area (Å²) in [4.78, 5) is 0. The molecule has 1 aliphatic rings. The molecule has 0 saturated carbocycles. The van der Waals surface area contributed by atoms with Crippen molar-refractivity contribution < 1.29 is 0 Å². The van der Waals surface area contributed by atoms with Gasteiger partial charge in [0.05, 0.1) is 0 Å². The summed E-state index contributed by atoms with van der Waals surface area (Å²) in [6.07, 6.45) is 10.4. The SMILES string of the molecule is Cc1ccc(Nc2ccc(/C=C(/C3=CCC=CC(C)[C@@H]3C)c3ccccc3)cc2)cc1. The molecule has 0 bridgehead atoms. The minimum atomic E-state index is 0.479. The molecule has 3 aromatic carbocycles. The van der Waals surface area contributed by atoms with Gasteiger partial charge < -0.3 is 5.32 Å². The van der Waals surface area contributed by atoms with Gasteiger partial charge in [0.15, 0.2) is 0 Å². The van der Waals surface area contributed by atoms with E-state index in [2.05, 4.69) is 129 Å². The summed E-state index contributed by atoms with van der Waals surface area (Å²) in [5, 5.41) is 3.49. The van der Waals surface area contributed by atoms with E-state index in [0.717, 1.165) is 17.8 Å². The fourth-order valence-corrected chi connectivity index (χ4v) is 4.06. The molecule has 0 amide bonds. The van der Waals surface area contributed by atoms with Gasteiger partial charge in [-0.15, -0.1) is 0 Å². The van der Waals surface area contributed by atoms with Crippen molar-refractivity contribution in [3.8, 4) is 0 Å². The van der Waals surface area contributed by atoms with E-state index in [1.165, 1.54) is 27.8 Å². The van der Waals surface area contributed by atoms with Gasteiger partial charge in [0.1, 0.15) is 0 Å². The lowest BCUT2D eigenvalue weighted by Gasteiger charge is -2.22. The largest absolute Gasteiger partial charge is 0.356 e. The molecule has 0 fully saturated rings. The molecule has 3 aromatic rings. The number of allylic oxidation sites excluding steroid dienone is 5. The Morgan fingerprint density at radius 2 is 1.48 bits per heavy atom. The molecule has 31 heavy (non-hydrogen) atoms. The van der Waals surface area contributed by atoms with Crippen LogP contribution < -0.4 is 5.32 Å². The summed E-state index contributed by atoms with van der Waals surface area (Å²) in [6, 6.07) is 28.0. The minimum Gasteiger partial charge on any atom is -0.356 e. The number of hydrogen-bond donors (Lipinski definition) is 1. The van der Waals surface area contributed by atoms with E-state index in [4.69, 9.17) is 0 Å². The molecule has 1 heteroatoms. The van der Waals surface area contributed by atoms with Crippen molar-refractivity contribution in [1.82, 2.24) is 0 Å². The summed E-state index contributed by atoms with van der Waals surface area (Å²) < 4.78 is 0. The summed E-state index contributed by atoms with van der Waals surface area (Å²) in [5.41, 5.74) is 8.72. The maximum atomic E-state index is 3.49. The van der Waals surface area contributed by atoms with Gasteiger partial charge in [-0.05, 0) is 77.8 Å². The van der Waals surface area contributed by atoms with Crippen LogP contribution in [0.1, 0.15) is 37.0 Å². The van der Waals surface area contributed by atoms with Crippen LogP contribution in [-0.2, 0) is 0 Å². The number of nitrogens with one attached hydrogen (secondary N) is 1. The molecule has 0 heterocycles. The van der Waals surface area contributed by atoms with Crippen LogP contribution in [0.25, 0.3) is 11.6 Å². The van der Waals surface area contributed by atoms with Gasteiger partial charge in [0.25, 0.3) is 0 Å². The molecule has 1 N–H and O–H groups in total. The van der Waals surface area contributed by atoms with Crippen LogP contribution in [0.2, 0.25) is 0 Å². The van der Waals surface area contributed by atoms with E-state index in [1.807, 2.05) is 0 Å². The van der Waals surface area contributed by atoms with Crippen LogP contribution in [0, 0.1) is 18.8 Å². The number of hydrogen-bond acceptors (Lipinski definition) is 1. The van der Waals surface area contributed by atoms with Crippen LogP contribution >= 0.6 is 0 Å². The van der Waals surface area contributed by atoms with Gasteiger partial charge in [-0.3, -0.25) is 0 Å². The number of aryl methyl sites for hydroxylation is 1. The second-order valence-corrected chi connectivity index (χ2v) is 8.51. The first-order valence-electron chi connectivity index (χ1n) is 11.2. The normalized spacial score (nSPS) is 18.9. The molecule has 1 unspecified atom stereocenters. The number of benzene rings is 3. The number of anilines is 2. The van der Waals surface area contributed by atoms with Crippen LogP contribution in [-0.4, -0.2) is 0 Å². The van der Waals surface area contributed by atoms with Crippen molar-refractivity contribution in [2.45, 2.75) is 27.2 Å². The van der Waals surface area contributed by atoms with Crippen LogP contribution in [0.4, 0.5) is 11.4 Å². The van der Waals surface area contributed by atoms with Crippen molar-refractivity contribution in [2.24, 2.45) is 11.8 Å². The molecular weight excluding hydrogens is 374 g/mol. The molecule has 2 atom stereocenters. The van der Waals surface area contributed by atoms with Crippen molar-refractivity contribution in [2.75, 3.05) is 5.32 Å². The molecule has 0 spiro atoms. The van der Waals surface area contributed by atoms with Crippen LogP contribution in [0.5, 0.6) is 0 Å². The molecule has 1 nitrogen and oxygen atoms in total. The summed E-state index contributed by atoms with van der Waals surface area (Å²) in [5.74, 6) is 1.01. The van der Waals surface area contributed by atoms with Crippen molar-refractivity contribution >= 4 is 23.0 Å². The van der Waals surface area contributed by atoms with Crippen molar-refractivity contribution in [3.05, 3.63) is 119 Å². The average Bonchev–Trinajstić information content (AvgIpc) is 2.96. The standard InChI is InChI=1S/C30H31N/c1-22-13-17-27(18-14-22)31-28-19-15-25(16-20-28)21-30(26-10-5-4-6-11-26)29-12-8-7-9-23(2)24(29)3/h4-7,9-21,23-24,31H,8H2,1-3H3/b30-21+/t23?,24-/m0/s1. The number of rotatable bonds is 5. The highest BCUT2D eigenvalue weighted by atomic mass is 14.9. The Morgan fingerprint density at radius 3 is 2.16 bits per heavy atom. The summed E-state index contributed by atoms with van der Waals surface area (Å²) >= 11 is 0. The van der Waals surface area contributed by atoms with Gasteiger partial charge in [-0.1, -0.05) is 92.2 Å². The molecular formula is C30H31N. The van der Waals surface area contributed by atoms with E-state index >= 15 is 0 Å². The lowest BCUT2D eigenvalue weighted by Crippen LogP contribution is -2.09. The highest BCUT2D eigenvalue weighted by Crippen LogP contribution is 2.36. The highest BCUT2D eigenvalue weighted by molar-refractivity contribution is 5.91. The Morgan fingerprint density at radius 1 is 0.839 bits per heavy atom. The van der Waals surface area contributed by atoms with E-state index in [9.17, 15) is 0 Å². The van der Waals surface area contributed by atoms with E-state index in [1.54, 1.807) is 0 Å². The third kappa shape index (κ3) is 5.24. The fourth-order valence-electron chi connectivity index (χ4n) is 4.06. The topological polar surface area (TPSA) is 12.0 Å². The van der Waals surface area contributed by atoms with Gasteiger partial charge in [-0.2, -0.15) is 0 Å². The Labute approximate surface area is 186 Å². The molecule has 0 aromatic heterocycles. The first-order valence-corrected chi connectivity index (χ1v) is 11.2. The fraction of sp³-hybridized carbons (Fsp3) is 0.200. The van der Waals surface area contributed by atoms with Gasteiger partial charge >= 0.3 is 0 Å². The predicted molar refractivity (Wildman–Crippen MR) is 135 cm³/mol. The first kappa shape index (κ1) is 20.9. The molecule has 0 radical (unpaired) electrons. The Balaban J connectivity index is 1.64. The van der Waals surface area contributed by atoms with Gasteiger partial charge in [0, 0.05) is 11.4 Å². The van der Waals surface area contributed by atoms with E-state index < -0.39 is 0 Å². The lowest BCUT2D eigenvalue weighted by atomic mass is 9.82. The third-order valence-electron chi connectivity index (χ3n) is 6.15. The first-order chi connectivity index (χ1) is 15.1. The Bertz CT molecular complexity index is 1080. The molecule has 4 rings (SSSR count). The maximum Gasteiger partial charge on any atom is 0.0384 e. The zero-order valence-electron chi connectivity index (χ0n) is 18.7. The zero-order valence-corrected chi connectivity index (χ0v) is 18.7. The molecule has 1 aliphatic carbocycles. The van der Waals surface area contributed by atoms with Crippen molar-refractivity contribution in [3.63, 3.8) is 0 Å².